The maximum absolute atomic E-state index is 10.7. The van der Waals surface area contributed by atoms with Crippen molar-refractivity contribution in [2.45, 2.75) is 30.6 Å². The van der Waals surface area contributed by atoms with Crippen molar-refractivity contribution in [3.8, 4) is 0 Å². The molecule has 1 aromatic carbocycles. The molecule has 1 aliphatic rings. The van der Waals surface area contributed by atoms with Crippen LogP contribution in [0.3, 0.4) is 0 Å². The first-order valence-electron chi connectivity index (χ1n) is 6.76. The summed E-state index contributed by atoms with van der Waals surface area (Å²) in [4.78, 5) is 1.25. The third kappa shape index (κ3) is 3.07. The lowest BCUT2D eigenvalue weighted by Gasteiger charge is -2.35. The monoisotopic (exact) mass is 329 g/mol. The fraction of sp³-hybridized carbons (Fsp3) is 0.500. The molecule has 0 amide bonds. The van der Waals surface area contributed by atoms with E-state index in [4.69, 9.17) is 22.1 Å². The average Bonchev–Trinajstić information content (AvgIpc) is 2.79. The summed E-state index contributed by atoms with van der Waals surface area (Å²) in [7, 11) is 0. The Balaban J connectivity index is 2.25. The molecule has 1 saturated heterocycles. The SMILES string of the molecule is OC[C@@H](O)[C@H](O)C1OC(=S)N(Cc2ccccc2)C1(O)CO. The van der Waals surface area contributed by atoms with Crippen LogP contribution in [0.1, 0.15) is 5.56 Å². The highest BCUT2D eigenvalue weighted by Crippen LogP contribution is 2.33. The van der Waals surface area contributed by atoms with E-state index >= 15 is 0 Å². The van der Waals surface area contributed by atoms with E-state index in [0.717, 1.165) is 5.56 Å². The Morgan fingerprint density at radius 1 is 1.23 bits per heavy atom. The molecule has 0 aliphatic carbocycles. The fourth-order valence-electron chi connectivity index (χ4n) is 2.37. The first-order chi connectivity index (χ1) is 10.4. The molecule has 0 aromatic heterocycles. The van der Waals surface area contributed by atoms with E-state index in [1.807, 2.05) is 30.3 Å². The summed E-state index contributed by atoms with van der Waals surface area (Å²) in [5.41, 5.74) is -1.18. The standard InChI is InChI=1S/C14H19NO6S/c16-7-10(18)11(19)12-14(20,8-17)15(13(22)21-12)6-9-4-2-1-3-5-9/h1-5,10-12,16-20H,6-8H2/t10-,11+,12?,14?/m1/s1. The lowest BCUT2D eigenvalue weighted by molar-refractivity contribution is -0.180. The largest absolute Gasteiger partial charge is 0.459 e. The predicted octanol–water partition coefficient (Wildman–Crippen LogP) is -1.43. The number of hydrogen-bond donors (Lipinski definition) is 5. The number of thiocarbonyl (C=S) groups is 1. The molecule has 4 atom stereocenters. The first-order valence-corrected chi connectivity index (χ1v) is 7.17. The molecule has 1 aliphatic heterocycles. The highest BCUT2D eigenvalue weighted by Gasteiger charge is 2.56. The van der Waals surface area contributed by atoms with Crippen molar-refractivity contribution in [3.63, 3.8) is 0 Å². The summed E-state index contributed by atoms with van der Waals surface area (Å²) in [6.07, 6.45) is -4.51. The third-order valence-electron chi connectivity index (χ3n) is 3.68. The van der Waals surface area contributed by atoms with Crippen LogP contribution in [0.5, 0.6) is 0 Å². The molecule has 122 valence electrons. The minimum absolute atomic E-state index is 0.102. The van der Waals surface area contributed by atoms with Crippen LogP contribution < -0.4 is 0 Å². The fourth-order valence-corrected chi connectivity index (χ4v) is 2.70. The van der Waals surface area contributed by atoms with Crippen molar-refractivity contribution < 1.29 is 30.3 Å². The van der Waals surface area contributed by atoms with E-state index in [0.29, 0.717) is 0 Å². The molecule has 0 bridgehead atoms. The molecule has 0 spiro atoms. The van der Waals surface area contributed by atoms with Crippen LogP contribution in [0.2, 0.25) is 0 Å². The maximum Gasteiger partial charge on any atom is 0.262 e. The van der Waals surface area contributed by atoms with Crippen LogP contribution in [0.15, 0.2) is 30.3 Å². The number of aliphatic hydroxyl groups is 5. The highest BCUT2D eigenvalue weighted by molar-refractivity contribution is 7.80. The summed E-state index contributed by atoms with van der Waals surface area (Å²) < 4.78 is 5.26. The normalized spacial score (nSPS) is 27.6. The van der Waals surface area contributed by atoms with Gasteiger partial charge in [0.15, 0.2) is 6.10 Å². The van der Waals surface area contributed by atoms with E-state index in [2.05, 4.69) is 0 Å². The number of aliphatic hydroxyl groups excluding tert-OH is 4. The maximum atomic E-state index is 10.7. The van der Waals surface area contributed by atoms with Crippen LogP contribution in [0, 0.1) is 0 Å². The van der Waals surface area contributed by atoms with Crippen molar-refractivity contribution in [1.29, 1.82) is 0 Å². The lowest BCUT2D eigenvalue weighted by atomic mass is 9.97. The molecule has 2 rings (SSSR count). The predicted molar refractivity (Wildman–Crippen MR) is 80.6 cm³/mol. The zero-order valence-corrected chi connectivity index (χ0v) is 12.6. The van der Waals surface area contributed by atoms with E-state index in [1.165, 1.54) is 4.90 Å². The van der Waals surface area contributed by atoms with Gasteiger partial charge in [-0.3, -0.25) is 4.90 Å². The van der Waals surface area contributed by atoms with Gasteiger partial charge in [-0.1, -0.05) is 30.3 Å². The molecule has 1 heterocycles. The second-order valence-corrected chi connectivity index (χ2v) is 5.50. The molecule has 2 unspecified atom stereocenters. The van der Waals surface area contributed by atoms with E-state index in [9.17, 15) is 20.4 Å². The van der Waals surface area contributed by atoms with Gasteiger partial charge in [0.05, 0.1) is 13.2 Å². The number of rotatable bonds is 6. The minimum Gasteiger partial charge on any atom is -0.459 e. The van der Waals surface area contributed by atoms with Gasteiger partial charge in [-0.05, 0) is 17.8 Å². The molecule has 1 fully saturated rings. The summed E-state index contributed by atoms with van der Waals surface area (Å²) in [5.74, 6) is 0. The van der Waals surface area contributed by atoms with E-state index in [-0.39, 0.29) is 11.7 Å². The summed E-state index contributed by atoms with van der Waals surface area (Å²) >= 11 is 5.05. The Morgan fingerprint density at radius 3 is 2.41 bits per heavy atom. The Hall–Kier alpha value is -1.29. The van der Waals surface area contributed by atoms with Crippen LogP contribution in [-0.4, -0.2) is 72.9 Å². The highest BCUT2D eigenvalue weighted by atomic mass is 32.1. The van der Waals surface area contributed by atoms with Crippen molar-refractivity contribution in [2.24, 2.45) is 0 Å². The Labute approximate surface area is 133 Å². The van der Waals surface area contributed by atoms with Gasteiger partial charge < -0.3 is 30.3 Å². The smallest absolute Gasteiger partial charge is 0.262 e. The molecule has 22 heavy (non-hydrogen) atoms. The Morgan fingerprint density at radius 2 is 1.86 bits per heavy atom. The van der Waals surface area contributed by atoms with Gasteiger partial charge in [0, 0.05) is 6.54 Å². The Bertz CT molecular complexity index is 515. The molecule has 5 N–H and O–H groups in total. The zero-order valence-electron chi connectivity index (χ0n) is 11.7. The topological polar surface area (TPSA) is 114 Å². The van der Waals surface area contributed by atoms with Crippen molar-refractivity contribution in [2.75, 3.05) is 13.2 Å². The molecule has 8 heteroatoms. The second-order valence-electron chi connectivity index (χ2n) is 5.15. The van der Waals surface area contributed by atoms with Gasteiger partial charge in [-0.15, -0.1) is 0 Å². The molecular weight excluding hydrogens is 310 g/mol. The summed E-state index contributed by atoms with van der Waals surface area (Å²) in [5, 5.41) is 48.6. The number of hydrogen-bond acceptors (Lipinski definition) is 7. The Kier molecular flexibility index (Phi) is 5.32. The minimum atomic E-state index is -2.00. The number of nitrogens with zero attached hydrogens (tertiary/aromatic N) is 1. The third-order valence-corrected chi connectivity index (χ3v) is 4.00. The van der Waals surface area contributed by atoms with Crippen LogP contribution >= 0.6 is 12.2 Å². The second kappa shape index (κ2) is 6.86. The molecule has 1 aromatic rings. The van der Waals surface area contributed by atoms with Crippen molar-refractivity contribution in [1.82, 2.24) is 4.90 Å². The molecular formula is C14H19NO6S. The average molecular weight is 329 g/mol. The van der Waals surface area contributed by atoms with E-state index in [1.54, 1.807) is 0 Å². The van der Waals surface area contributed by atoms with Crippen LogP contribution in [0.25, 0.3) is 0 Å². The molecule has 0 saturated carbocycles. The number of benzene rings is 1. The van der Waals surface area contributed by atoms with Crippen molar-refractivity contribution >= 4 is 17.4 Å². The van der Waals surface area contributed by atoms with Gasteiger partial charge >= 0.3 is 0 Å². The van der Waals surface area contributed by atoms with Gasteiger partial charge in [0.2, 0.25) is 5.72 Å². The van der Waals surface area contributed by atoms with Gasteiger partial charge in [-0.2, -0.15) is 0 Å². The van der Waals surface area contributed by atoms with Crippen LogP contribution in [0.4, 0.5) is 0 Å². The van der Waals surface area contributed by atoms with Gasteiger partial charge in [0.25, 0.3) is 5.17 Å². The van der Waals surface area contributed by atoms with Gasteiger partial charge in [-0.25, -0.2) is 0 Å². The summed E-state index contributed by atoms with van der Waals surface area (Å²) in [6, 6.07) is 9.09. The van der Waals surface area contributed by atoms with Gasteiger partial charge in [0.1, 0.15) is 12.2 Å². The van der Waals surface area contributed by atoms with E-state index < -0.39 is 37.3 Å². The lowest BCUT2D eigenvalue weighted by Crippen LogP contribution is -2.59. The number of ether oxygens (including phenoxy) is 1. The summed E-state index contributed by atoms with van der Waals surface area (Å²) in [6.45, 7) is -1.32. The molecule has 7 nitrogen and oxygen atoms in total. The van der Waals surface area contributed by atoms with Crippen molar-refractivity contribution in [3.05, 3.63) is 35.9 Å². The first kappa shape index (κ1) is 17.1. The molecule has 0 radical (unpaired) electrons. The zero-order chi connectivity index (χ0) is 16.3. The van der Waals surface area contributed by atoms with Crippen LogP contribution in [-0.2, 0) is 11.3 Å². The quantitative estimate of drug-likeness (QED) is 0.404.